The molecule has 0 heterocycles. The van der Waals surface area contributed by atoms with Gasteiger partial charge in [0.2, 0.25) is 0 Å². The zero-order valence-electron chi connectivity index (χ0n) is 12.2. The van der Waals surface area contributed by atoms with E-state index < -0.39 is 31.0 Å². The molecule has 120 valence electrons. The van der Waals surface area contributed by atoms with Crippen LogP contribution in [-0.4, -0.2) is 64.2 Å². The number of aldehydes is 1. The fourth-order valence-corrected chi connectivity index (χ4v) is 1.97. The highest BCUT2D eigenvalue weighted by atomic mass is 16.4. The minimum Gasteiger partial charge on any atom is -0.394 e. The maximum absolute atomic E-state index is 10.9. The monoisotopic (exact) mass is 291 g/mol. The number of unbranched alkanes of at least 4 members (excludes halogenated alkanes) is 5. The smallest absolute Gasteiger partial charge is 0.139 e. The van der Waals surface area contributed by atoms with Gasteiger partial charge in [-0.05, 0) is 13.0 Å². The molecule has 6 nitrogen and oxygen atoms in total. The minimum atomic E-state index is -1.55. The molecule has 0 saturated carbocycles. The maximum Gasteiger partial charge on any atom is 0.139 e. The van der Waals surface area contributed by atoms with Gasteiger partial charge < -0.3 is 30.5 Å². The summed E-state index contributed by atoms with van der Waals surface area (Å²) in [6.07, 6.45) is 2.79. The van der Waals surface area contributed by atoms with Crippen LogP contribution in [0.1, 0.15) is 45.4 Å². The van der Waals surface area contributed by atoms with Crippen molar-refractivity contribution in [2.45, 2.75) is 69.8 Å². The zero-order valence-corrected chi connectivity index (χ0v) is 12.2. The second-order valence-electron chi connectivity index (χ2n) is 5.11. The highest BCUT2D eigenvalue weighted by Gasteiger charge is 2.30. The minimum absolute atomic E-state index is 0.509. The Balaban J connectivity index is 3.88. The SMILES string of the molecule is CCCCCCCCN[C@@H](C=O)[C@@H](O)[C@H](O)[C@H](O)CO. The Morgan fingerprint density at radius 2 is 1.60 bits per heavy atom. The Bertz CT molecular complexity index is 240. The largest absolute Gasteiger partial charge is 0.394 e. The molecule has 20 heavy (non-hydrogen) atoms. The van der Waals surface area contributed by atoms with Gasteiger partial charge in [-0.1, -0.05) is 39.0 Å². The summed E-state index contributed by atoms with van der Waals surface area (Å²) in [6.45, 7) is 2.06. The van der Waals surface area contributed by atoms with Gasteiger partial charge in [0.05, 0.1) is 12.6 Å². The van der Waals surface area contributed by atoms with Gasteiger partial charge in [0.15, 0.2) is 0 Å². The van der Waals surface area contributed by atoms with Crippen LogP contribution >= 0.6 is 0 Å². The molecule has 0 bridgehead atoms. The normalized spacial score (nSPS) is 17.4. The van der Waals surface area contributed by atoms with Gasteiger partial charge in [0, 0.05) is 0 Å². The van der Waals surface area contributed by atoms with Crippen molar-refractivity contribution < 1.29 is 25.2 Å². The van der Waals surface area contributed by atoms with E-state index >= 15 is 0 Å². The van der Waals surface area contributed by atoms with E-state index in [4.69, 9.17) is 5.11 Å². The van der Waals surface area contributed by atoms with Crippen molar-refractivity contribution in [2.24, 2.45) is 0 Å². The van der Waals surface area contributed by atoms with Crippen LogP contribution in [0.5, 0.6) is 0 Å². The first-order valence-corrected chi connectivity index (χ1v) is 7.42. The molecule has 0 aliphatic rings. The molecule has 0 aliphatic carbocycles. The van der Waals surface area contributed by atoms with Crippen LogP contribution in [0.2, 0.25) is 0 Å². The molecule has 0 aromatic carbocycles. The molecule has 0 aliphatic heterocycles. The highest BCUT2D eigenvalue weighted by Crippen LogP contribution is 2.06. The van der Waals surface area contributed by atoms with E-state index in [0.29, 0.717) is 12.8 Å². The summed E-state index contributed by atoms with van der Waals surface area (Å²) in [5.41, 5.74) is 0. The lowest BCUT2D eigenvalue weighted by molar-refractivity contribution is -0.120. The Kier molecular flexibility index (Phi) is 11.9. The van der Waals surface area contributed by atoms with E-state index in [9.17, 15) is 20.1 Å². The highest BCUT2D eigenvalue weighted by molar-refractivity contribution is 5.58. The van der Waals surface area contributed by atoms with Crippen molar-refractivity contribution in [3.8, 4) is 0 Å². The van der Waals surface area contributed by atoms with Crippen LogP contribution in [0.4, 0.5) is 0 Å². The molecule has 0 saturated heterocycles. The third-order valence-electron chi connectivity index (χ3n) is 3.36. The summed E-state index contributed by atoms with van der Waals surface area (Å²) in [6, 6.07) is -0.943. The number of aliphatic hydroxyl groups excluding tert-OH is 4. The number of carbonyl (C=O) groups is 1. The number of hydrogen-bond acceptors (Lipinski definition) is 6. The van der Waals surface area contributed by atoms with Crippen LogP contribution in [-0.2, 0) is 4.79 Å². The number of nitrogens with one attached hydrogen (secondary N) is 1. The Hall–Kier alpha value is -0.530. The van der Waals surface area contributed by atoms with Crippen molar-refractivity contribution in [1.29, 1.82) is 0 Å². The predicted octanol–water partition coefficient (Wildman–Crippen LogP) is -0.421. The van der Waals surface area contributed by atoms with E-state index in [0.717, 1.165) is 19.3 Å². The number of aliphatic hydroxyl groups is 4. The summed E-state index contributed by atoms with van der Waals surface area (Å²) in [5.74, 6) is 0. The summed E-state index contributed by atoms with van der Waals surface area (Å²) >= 11 is 0. The summed E-state index contributed by atoms with van der Waals surface area (Å²) in [5, 5.41) is 40.0. The molecular formula is C14H29NO5. The van der Waals surface area contributed by atoms with E-state index in [1.54, 1.807) is 0 Å². The molecule has 0 spiro atoms. The lowest BCUT2D eigenvalue weighted by atomic mass is 10.0. The lowest BCUT2D eigenvalue weighted by Gasteiger charge is -2.26. The first-order chi connectivity index (χ1) is 9.58. The van der Waals surface area contributed by atoms with E-state index in [-0.39, 0.29) is 0 Å². The van der Waals surface area contributed by atoms with Gasteiger partial charge in [-0.2, -0.15) is 0 Å². The van der Waals surface area contributed by atoms with Crippen molar-refractivity contribution in [1.82, 2.24) is 5.32 Å². The quantitative estimate of drug-likeness (QED) is 0.233. The third kappa shape index (κ3) is 7.91. The average Bonchev–Trinajstić information content (AvgIpc) is 2.48. The predicted molar refractivity (Wildman–Crippen MR) is 76.3 cm³/mol. The number of rotatable bonds is 13. The molecule has 0 radical (unpaired) electrons. The molecule has 0 fully saturated rings. The fraction of sp³-hybridized carbons (Fsp3) is 0.929. The second-order valence-corrected chi connectivity index (χ2v) is 5.11. The van der Waals surface area contributed by atoms with Crippen molar-refractivity contribution in [3.05, 3.63) is 0 Å². The average molecular weight is 291 g/mol. The Labute approximate surface area is 120 Å². The summed E-state index contributed by atoms with van der Waals surface area (Å²) < 4.78 is 0. The van der Waals surface area contributed by atoms with Crippen LogP contribution in [0.3, 0.4) is 0 Å². The fourth-order valence-electron chi connectivity index (χ4n) is 1.97. The molecule has 6 heteroatoms. The molecule has 5 N–H and O–H groups in total. The van der Waals surface area contributed by atoms with Gasteiger partial charge in [-0.3, -0.25) is 0 Å². The number of hydrogen-bond donors (Lipinski definition) is 5. The van der Waals surface area contributed by atoms with Gasteiger partial charge in [0.25, 0.3) is 0 Å². The van der Waals surface area contributed by atoms with Crippen molar-refractivity contribution in [3.63, 3.8) is 0 Å². The van der Waals surface area contributed by atoms with Crippen LogP contribution in [0.25, 0.3) is 0 Å². The zero-order chi connectivity index (χ0) is 15.4. The second kappa shape index (κ2) is 12.2. The maximum atomic E-state index is 10.9. The topological polar surface area (TPSA) is 110 Å². The standard InChI is InChI=1S/C14H29NO5/c1-2-3-4-5-6-7-8-15-11(9-16)13(19)14(20)12(18)10-17/h9,11-15,17-20H,2-8,10H2,1H3/t11-,12+,13+,14+/m0/s1. The molecule has 0 aromatic rings. The van der Waals surface area contributed by atoms with E-state index in [1.807, 2.05) is 0 Å². The molecule has 0 amide bonds. The molecule has 0 rings (SSSR count). The van der Waals surface area contributed by atoms with Crippen LogP contribution in [0, 0.1) is 0 Å². The molecule has 0 aromatic heterocycles. The molecule has 0 unspecified atom stereocenters. The Morgan fingerprint density at radius 1 is 1.00 bits per heavy atom. The number of carbonyl (C=O) groups excluding carboxylic acids is 1. The van der Waals surface area contributed by atoms with Crippen LogP contribution in [0.15, 0.2) is 0 Å². The Morgan fingerprint density at radius 3 is 2.15 bits per heavy atom. The van der Waals surface area contributed by atoms with Gasteiger partial charge in [0.1, 0.15) is 24.6 Å². The van der Waals surface area contributed by atoms with Crippen molar-refractivity contribution >= 4 is 6.29 Å². The van der Waals surface area contributed by atoms with Gasteiger partial charge >= 0.3 is 0 Å². The van der Waals surface area contributed by atoms with E-state index in [2.05, 4.69) is 12.2 Å². The van der Waals surface area contributed by atoms with Gasteiger partial charge in [-0.15, -0.1) is 0 Å². The molecule has 4 atom stereocenters. The van der Waals surface area contributed by atoms with Crippen LogP contribution < -0.4 is 5.32 Å². The first-order valence-electron chi connectivity index (χ1n) is 7.42. The van der Waals surface area contributed by atoms with Gasteiger partial charge in [-0.25, -0.2) is 0 Å². The summed E-state index contributed by atoms with van der Waals surface area (Å²) in [4.78, 5) is 10.9. The first kappa shape index (κ1) is 19.5. The van der Waals surface area contributed by atoms with E-state index in [1.165, 1.54) is 19.3 Å². The summed E-state index contributed by atoms with van der Waals surface area (Å²) in [7, 11) is 0. The lowest BCUT2D eigenvalue weighted by Crippen LogP contribution is -2.52. The molecular weight excluding hydrogens is 262 g/mol. The van der Waals surface area contributed by atoms with Crippen molar-refractivity contribution in [2.75, 3.05) is 13.2 Å². The third-order valence-corrected chi connectivity index (χ3v) is 3.36.